The molecule has 6 nitrogen and oxygen atoms in total. The van der Waals surface area contributed by atoms with Gasteiger partial charge in [-0.15, -0.1) is 10.2 Å². The molecule has 0 fully saturated rings. The molecular weight excluding hydrogens is 240 g/mol. The fourth-order valence-corrected chi connectivity index (χ4v) is 1.64. The molecule has 0 bridgehead atoms. The second-order valence-corrected chi connectivity index (χ2v) is 5.20. The highest BCUT2D eigenvalue weighted by Gasteiger charge is 2.14. The number of rotatable bonds is 4. The zero-order valence-electron chi connectivity index (χ0n) is 10.1. The van der Waals surface area contributed by atoms with Gasteiger partial charge in [0.1, 0.15) is 5.01 Å². The minimum atomic E-state index is -0.704. The quantitative estimate of drug-likeness (QED) is 0.785. The molecular formula is C10H16N4O2S. The Bertz CT molecular complexity index is 403. The summed E-state index contributed by atoms with van der Waals surface area (Å²) in [4.78, 5) is 22.8. The molecule has 1 aromatic heterocycles. The molecule has 2 N–H and O–H groups in total. The third-order valence-electron chi connectivity index (χ3n) is 1.96. The smallest absolute Gasteiger partial charge is 0.315 e. The SMILES string of the molecule is Cc1nnc(NC(=O)C(=O)NCCC(C)C)s1. The van der Waals surface area contributed by atoms with Crippen LogP contribution in [0.2, 0.25) is 0 Å². The van der Waals surface area contributed by atoms with Gasteiger partial charge in [-0.25, -0.2) is 0 Å². The number of carbonyl (C=O) groups is 2. The number of nitrogens with one attached hydrogen (secondary N) is 2. The first-order chi connectivity index (χ1) is 7.99. The molecule has 2 amide bonds. The van der Waals surface area contributed by atoms with Gasteiger partial charge in [0.25, 0.3) is 0 Å². The molecule has 0 aliphatic rings. The summed E-state index contributed by atoms with van der Waals surface area (Å²) in [6, 6.07) is 0. The van der Waals surface area contributed by atoms with E-state index >= 15 is 0 Å². The number of aromatic nitrogens is 2. The number of hydrogen-bond donors (Lipinski definition) is 2. The number of hydrogen-bond acceptors (Lipinski definition) is 5. The lowest BCUT2D eigenvalue weighted by molar-refractivity contribution is -0.136. The fraction of sp³-hybridized carbons (Fsp3) is 0.600. The Kier molecular flexibility index (Phi) is 5.02. The van der Waals surface area contributed by atoms with Gasteiger partial charge in [0.05, 0.1) is 0 Å². The molecule has 0 aliphatic carbocycles. The number of carbonyl (C=O) groups excluding carboxylic acids is 2. The minimum Gasteiger partial charge on any atom is -0.348 e. The average molecular weight is 256 g/mol. The Hall–Kier alpha value is -1.50. The van der Waals surface area contributed by atoms with Crippen LogP contribution in [0.15, 0.2) is 0 Å². The van der Waals surface area contributed by atoms with Gasteiger partial charge in [-0.05, 0) is 19.3 Å². The van der Waals surface area contributed by atoms with Crippen LogP contribution in [0, 0.1) is 12.8 Å². The van der Waals surface area contributed by atoms with Crippen LogP contribution < -0.4 is 10.6 Å². The highest BCUT2D eigenvalue weighted by molar-refractivity contribution is 7.15. The molecule has 94 valence electrons. The summed E-state index contributed by atoms with van der Waals surface area (Å²) in [6.45, 7) is 6.38. The Morgan fingerprint density at radius 2 is 2.00 bits per heavy atom. The maximum Gasteiger partial charge on any atom is 0.315 e. The van der Waals surface area contributed by atoms with Crippen LogP contribution in [0.4, 0.5) is 5.13 Å². The molecule has 17 heavy (non-hydrogen) atoms. The zero-order chi connectivity index (χ0) is 12.8. The normalized spacial score (nSPS) is 10.4. The van der Waals surface area contributed by atoms with E-state index in [1.165, 1.54) is 11.3 Å². The maximum absolute atomic E-state index is 11.4. The first kappa shape index (κ1) is 13.6. The van der Waals surface area contributed by atoms with Crippen LogP contribution in [0.5, 0.6) is 0 Å². The van der Waals surface area contributed by atoms with Gasteiger partial charge in [0.2, 0.25) is 5.13 Å². The molecule has 1 rings (SSSR count). The van der Waals surface area contributed by atoms with E-state index in [4.69, 9.17) is 0 Å². The van der Waals surface area contributed by atoms with Crippen molar-refractivity contribution in [3.8, 4) is 0 Å². The first-order valence-corrected chi connectivity index (χ1v) is 6.20. The second-order valence-electron chi connectivity index (χ2n) is 4.02. The van der Waals surface area contributed by atoms with Crippen molar-refractivity contribution >= 4 is 28.3 Å². The summed E-state index contributed by atoms with van der Waals surface area (Å²) < 4.78 is 0. The molecule has 0 atom stereocenters. The van der Waals surface area contributed by atoms with E-state index < -0.39 is 11.8 Å². The van der Waals surface area contributed by atoms with Crippen molar-refractivity contribution in [3.05, 3.63) is 5.01 Å². The summed E-state index contributed by atoms with van der Waals surface area (Å²) in [7, 11) is 0. The van der Waals surface area contributed by atoms with Gasteiger partial charge in [0.15, 0.2) is 0 Å². The predicted octanol–water partition coefficient (Wildman–Crippen LogP) is 0.947. The summed E-state index contributed by atoms with van der Waals surface area (Å²) in [5.74, 6) is -0.854. The van der Waals surface area contributed by atoms with E-state index in [2.05, 4.69) is 34.7 Å². The lowest BCUT2D eigenvalue weighted by Gasteiger charge is -2.06. The maximum atomic E-state index is 11.4. The summed E-state index contributed by atoms with van der Waals surface area (Å²) in [5, 5.41) is 13.5. The Morgan fingerprint density at radius 1 is 1.29 bits per heavy atom. The van der Waals surface area contributed by atoms with E-state index in [1.54, 1.807) is 6.92 Å². The molecule has 0 unspecified atom stereocenters. The molecule has 0 saturated carbocycles. The molecule has 0 spiro atoms. The summed E-state index contributed by atoms with van der Waals surface area (Å²) in [6.07, 6.45) is 0.844. The van der Waals surface area contributed by atoms with Crippen LogP contribution in [0.1, 0.15) is 25.3 Å². The van der Waals surface area contributed by atoms with Crippen molar-refractivity contribution in [2.75, 3.05) is 11.9 Å². The molecule has 1 heterocycles. The molecule has 0 aliphatic heterocycles. The topological polar surface area (TPSA) is 84.0 Å². The van der Waals surface area contributed by atoms with Crippen LogP contribution >= 0.6 is 11.3 Å². The van der Waals surface area contributed by atoms with Crippen molar-refractivity contribution in [1.82, 2.24) is 15.5 Å². The van der Waals surface area contributed by atoms with E-state index in [0.29, 0.717) is 17.6 Å². The minimum absolute atomic E-state index is 0.339. The Labute approximate surface area is 104 Å². The highest BCUT2D eigenvalue weighted by atomic mass is 32.1. The molecule has 0 saturated heterocycles. The van der Waals surface area contributed by atoms with Gasteiger partial charge in [-0.3, -0.25) is 14.9 Å². The largest absolute Gasteiger partial charge is 0.348 e. The van der Waals surface area contributed by atoms with Crippen molar-refractivity contribution in [1.29, 1.82) is 0 Å². The lowest BCUT2D eigenvalue weighted by atomic mass is 10.1. The molecule has 7 heteroatoms. The number of aryl methyl sites for hydroxylation is 1. The number of anilines is 1. The fourth-order valence-electron chi connectivity index (χ4n) is 1.06. The summed E-state index contributed by atoms with van der Waals surface area (Å²) in [5.41, 5.74) is 0. The van der Waals surface area contributed by atoms with E-state index in [9.17, 15) is 9.59 Å². The zero-order valence-corrected chi connectivity index (χ0v) is 10.9. The highest BCUT2D eigenvalue weighted by Crippen LogP contribution is 2.13. The second kappa shape index (κ2) is 6.29. The van der Waals surface area contributed by atoms with Crippen LogP contribution in [-0.4, -0.2) is 28.6 Å². The van der Waals surface area contributed by atoms with Crippen LogP contribution in [0.25, 0.3) is 0 Å². The van der Waals surface area contributed by atoms with E-state index in [0.717, 1.165) is 11.4 Å². The lowest BCUT2D eigenvalue weighted by Crippen LogP contribution is -2.36. The third kappa shape index (κ3) is 4.90. The monoisotopic (exact) mass is 256 g/mol. The first-order valence-electron chi connectivity index (χ1n) is 5.38. The molecule has 1 aromatic rings. The van der Waals surface area contributed by atoms with Crippen molar-refractivity contribution in [3.63, 3.8) is 0 Å². The Balaban J connectivity index is 2.34. The predicted molar refractivity (Wildman–Crippen MR) is 65.7 cm³/mol. The van der Waals surface area contributed by atoms with Crippen LogP contribution in [0.3, 0.4) is 0 Å². The van der Waals surface area contributed by atoms with Gasteiger partial charge in [0, 0.05) is 6.54 Å². The molecule has 0 aromatic carbocycles. The standard InChI is InChI=1S/C10H16N4O2S/c1-6(2)4-5-11-8(15)9(16)12-10-14-13-7(3)17-10/h6H,4-5H2,1-3H3,(H,11,15)(H,12,14,16). The van der Waals surface area contributed by atoms with Gasteiger partial charge in [-0.1, -0.05) is 25.2 Å². The number of amides is 2. The van der Waals surface area contributed by atoms with Crippen molar-refractivity contribution < 1.29 is 9.59 Å². The summed E-state index contributed by atoms with van der Waals surface area (Å²) >= 11 is 1.23. The number of nitrogens with zero attached hydrogens (tertiary/aromatic N) is 2. The third-order valence-corrected chi connectivity index (χ3v) is 2.71. The van der Waals surface area contributed by atoms with Crippen molar-refractivity contribution in [2.45, 2.75) is 27.2 Å². The van der Waals surface area contributed by atoms with Gasteiger partial charge >= 0.3 is 11.8 Å². The van der Waals surface area contributed by atoms with E-state index in [-0.39, 0.29) is 0 Å². The molecule has 0 radical (unpaired) electrons. The Morgan fingerprint density at radius 3 is 2.53 bits per heavy atom. The average Bonchev–Trinajstić information content (AvgIpc) is 2.63. The van der Waals surface area contributed by atoms with Gasteiger partial charge < -0.3 is 5.32 Å². The van der Waals surface area contributed by atoms with Crippen molar-refractivity contribution in [2.24, 2.45) is 5.92 Å². The van der Waals surface area contributed by atoms with Gasteiger partial charge in [-0.2, -0.15) is 0 Å². The van der Waals surface area contributed by atoms with Crippen LogP contribution in [-0.2, 0) is 9.59 Å². The van der Waals surface area contributed by atoms with E-state index in [1.807, 2.05) is 0 Å².